The molecule has 1 saturated heterocycles. The lowest BCUT2D eigenvalue weighted by Gasteiger charge is -2.16. The molecule has 0 bridgehead atoms. The molecule has 0 aromatic heterocycles. The third kappa shape index (κ3) is 2.53. The zero-order valence-corrected chi connectivity index (χ0v) is 11.5. The summed E-state index contributed by atoms with van der Waals surface area (Å²) in [6.45, 7) is 1.49. The van der Waals surface area contributed by atoms with E-state index in [4.69, 9.17) is 23.2 Å². The Morgan fingerprint density at radius 1 is 1.44 bits per heavy atom. The Bertz CT molecular complexity index is 424. The summed E-state index contributed by atoms with van der Waals surface area (Å²) < 4.78 is 0. The van der Waals surface area contributed by atoms with Gasteiger partial charge in [0.1, 0.15) is 0 Å². The van der Waals surface area contributed by atoms with Crippen molar-refractivity contribution in [2.45, 2.75) is 11.2 Å². The van der Waals surface area contributed by atoms with Gasteiger partial charge in [-0.3, -0.25) is 4.79 Å². The normalized spacial score (nSPS) is 20.2. The van der Waals surface area contributed by atoms with Crippen LogP contribution in [0.1, 0.15) is 16.8 Å². The summed E-state index contributed by atoms with van der Waals surface area (Å²) in [5.74, 6) is -0.0468. The van der Waals surface area contributed by atoms with Crippen LogP contribution in [0.3, 0.4) is 0 Å². The number of hydrogen-bond donors (Lipinski definition) is 0. The van der Waals surface area contributed by atoms with E-state index in [1.165, 1.54) is 0 Å². The molecule has 1 amide bonds. The van der Waals surface area contributed by atoms with Crippen LogP contribution in [-0.2, 0) is 0 Å². The molecular weight excluding hydrogens is 313 g/mol. The van der Waals surface area contributed by atoms with E-state index in [0.29, 0.717) is 20.4 Å². The molecule has 1 aromatic rings. The fourth-order valence-electron chi connectivity index (χ4n) is 1.73. The maximum atomic E-state index is 12.1. The molecule has 1 aliphatic rings. The van der Waals surface area contributed by atoms with E-state index < -0.39 is 0 Å². The molecule has 0 saturated carbocycles. The van der Waals surface area contributed by atoms with Gasteiger partial charge in [-0.25, -0.2) is 0 Å². The van der Waals surface area contributed by atoms with E-state index >= 15 is 0 Å². The zero-order valence-electron chi connectivity index (χ0n) is 8.42. The first-order valence-electron chi connectivity index (χ1n) is 4.96. The van der Waals surface area contributed by atoms with Crippen molar-refractivity contribution >= 4 is 45.0 Å². The third-order valence-corrected chi connectivity index (χ3v) is 3.89. The molecule has 1 fully saturated rings. The van der Waals surface area contributed by atoms with Gasteiger partial charge in [0.25, 0.3) is 5.91 Å². The van der Waals surface area contributed by atoms with E-state index in [1.807, 2.05) is 0 Å². The van der Waals surface area contributed by atoms with Crippen molar-refractivity contribution in [3.8, 4) is 0 Å². The quantitative estimate of drug-likeness (QED) is 0.723. The Balaban J connectivity index is 2.23. The van der Waals surface area contributed by atoms with Crippen molar-refractivity contribution in [1.29, 1.82) is 0 Å². The third-order valence-electron chi connectivity index (χ3n) is 2.58. The minimum atomic E-state index is -0.0468. The molecule has 1 unspecified atom stereocenters. The van der Waals surface area contributed by atoms with E-state index in [9.17, 15) is 4.79 Å². The van der Waals surface area contributed by atoms with Crippen LogP contribution in [-0.4, -0.2) is 28.7 Å². The topological polar surface area (TPSA) is 20.3 Å². The van der Waals surface area contributed by atoms with Crippen molar-refractivity contribution in [2.75, 3.05) is 13.1 Å². The van der Waals surface area contributed by atoms with Gasteiger partial charge in [-0.1, -0.05) is 39.1 Å². The number of benzene rings is 1. The Labute approximate surface area is 113 Å². The van der Waals surface area contributed by atoms with Crippen LogP contribution in [0.25, 0.3) is 0 Å². The van der Waals surface area contributed by atoms with Crippen molar-refractivity contribution < 1.29 is 4.79 Å². The van der Waals surface area contributed by atoms with Gasteiger partial charge in [-0.2, -0.15) is 0 Å². The van der Waals surface area contributed by atoms with Crippen molar-refractivity contribution in [2.24, 2.45) is 0 Å². The molecule has 2 nitrogen and oxygen atoms in total. The maximum Gasteiger partial charge on any atom is 0.255 e. The molecule has 0 radical (unpaired) electrons. The highest BCUT2D eigenvalue weighted by atomic mass is 79.9. The van der Waals surface area contributed by atoms with Gasteiger partial charge >= 0.3 is 0 Å². The number of carbonyl (C=O) groups is 1. The summed E-state index contributed by atoms with van der Waals surface area (Å²) >= 11 is 15.3. The molecule has 0 spiro atoms. The molecule has 1 aromatic carbocycles. The second kappa shape index (κ2) is 4.94. The number of hydrogen-bond acceptors (Lipinski definition) is 1. The molecular formula is C11H10BrCl2NO. The number of carbonyl (C=O) groups excluding carboxylic acids is 1. The fourth-order valence-corrected chi connectivity index (χ4v) is 2.66. The molecule has 0 aliphatic carbocycles. The molecule has 1 aliphatic heterocycles. The standard InChI is InChI=1S/C11H10BrCl2NO/c12-7-3-4-15(6-7)11(16)9-5-8(13)1-2-10(9)14/h1-2,5,7H,3-4,6H2. The van der Waals surface area contributed by atoms with E-state index in [-0.39, 0.29) is 5.91 Å². The molecule has 1 atom stereocenters. The van der Waals surface area contributed by atoms with E-state index in [1.54, 1.807) is 23.1 Å². The SMILES string of the molecule is O=C(c1cc(Cl)ccc1Cl)N1CCC(Br)C1. The summed E-state index contributed by atoms with van der Waals surface area (Å²) in [4.78, 5) is 14.3. The van der Waals surface area contributed by atoms with Crippen LogP contribution in [0.5, 0.6) is 0 Å². The first kappa shape index (κ1) is 12.2. The summed E-state index contributed by atoms with van der Waals surface area (Å²) in [5, 5.41) is 0.981. The fraction of sp³-hybridized carbons (Fsp3) is 0.364. The minimum Gasteiger partial charge on any atom is -0.337 e. The molecule has 1 heterocycles. The highest BCUT2D eigenvalue weighted by Crippen LogP contribution is 2.25. The summed E-state index contributed by atoms with van der Waals surface area (Å²) in [6, 6.07) is 4.95. The number of halogens is 3. The average molecular weight is 323 g/mol. The number of likely N-dealkylation sites (tertiary alicyclic amines) is 1. The van der Waals surface area contributed by atoms with Gasteiger partial charge in [-0.15, -0.1) is 0 Å². The molecule has 86 valence electrons. The second-order valence-electron chi connectivity index (χ2n) is 3.76. The zero-order chi connectivity index (χ0) is 11.7. The Morgan fingerprint density at radius 3 is 2.81 bits per heavy atom. The first-order valence-corrected chi connectivity index (χ1v) is 6.63. The van der Waals surface area contributed by atoms with Gasteiger partial charge in [0.15, 0.2) is 0 Å². The lowest BCUT2D eigenvalue weighted by atomic mass is 10.2. The summed E-state index contributed by atoms with van der Waals surface area (Å²) in [5.41, 5.74) is 0.482. The number of alkyl halides is 1. The summed E-state index contributed by atoms with van der Waals surface area (Å²) in [7, 11) is 0. The first-order chi connectivity index (χ1) is 7.58. The highest BCUT2D eigenvalue weighted by molar-refractivity contribution is 9.09. The number of amides is 1. The van der Waals surface area contributed by atoms with Gasteiger partial charge in [-0.05, 0) is 24.6 Å². The predicted molar refractivity (Wildman–Crippen MR) is 69.7 cm³/mol. The molecule has 2 rings (SSSR count). The van der Waals surface area contributed by atoms with Crippen molar-refractivity contribution in [3.63, 3.8) is 0 Å². The predicted octanol–water partition coefficient (Wildman–Crippen LogP) is 3.60. The Morgan fingerprint density at radius 2 is 2.19 bits per heavy atom. The second-order valence-corrected chi connectivity index (χ2v) is 5.90. The van der Waals surface area contributed by atoms with E-state index in [0.717, 1.165) is 19.5 Å². The van der Waals surface area contributed by atoms with Gasteiger partial charge in [0, 0.05) is 22.9 Å². The number of nitrogens with zero attached hydrogens (tertiary/aromatic N) is 1. The van der Waals surface area contributed by atoms with Crippen LogP contribution in [0.4, 0.5) is 0 Å². The van der Waals surface area contributed by atoms with Gasteiger partial charge in [0.2, 0.25) is 0 Å². The van der Waals surface area contributed by atoms with Gasteiger partial charge in [0.05, 0.1) is 10.6 Å². The van der Waals surface area contributed by atoms with Crippen LogP contribution < -0.4 is 0 Å². The minimum absolute atomic E-state index is 0.0468. The Hall–Kier alpha value is -0.250. The van der Waals surface area contributed by atoms with Crippen molar-refractivity contribution in [1.82, 2.24) is 4.90 Å². The average Bonchev–Trinajstić information content (AvgIpc) is 2.67. The molecule has 0 N–H and O–H groups in total. The Kier molecular flexibility index (Phi) is 3.77. The smallest absolute Gasteiger partial charge is 0.255 e. The van der Waals surface area contributed by atoms with Crippen LogP contribution in [0.2, 0.25) is 10.0 Å². The van der Waals surface area contributed by atoms with Crippen LogP contribution in [0.15, 0.2) is 18.2 Å². The van der Waals surface area contributed by atoms with E-state index in [2.05, 4.69) is 15.9 Å². The monoisotopic (exact) mass is 321 g/mol. The lowest BCUT2D eigenvalue weighted by molar-refractivity contribution is 0.0793. The van der Waals surface area contributed by atoms with Gasteiger partial charge < -0.3 is 4.90 Å². The molecule has 16 heavy (non-hydrogen) atoms. The lowest BCUT2D eigenvalue weighted by Crippen LogP contribution is -2.29. The van der Waals surface area contributed by atoms with Crippen molar-refractivity contribution in [3.05, 3.63) is 33.8 Å². The summed E-state index contributed by atoms with van der Waals surface area (Å²) in [6.07, 6.45) is 0.976. The number of rotatable bonds is 1. The van der Waals surface area contributed by atoms with Crippen LogP contribution >= 0.6 is 39.1 Å². The molecule has 5 heteroatoms. The van der Waals surface area contributed by atoms with Crippen LogP contribution in [0, 0.1) is 0 Å². The highest BCUT2D eigenvalue weighted by Gasteiger charge is 2.26. The largest absolute Gasteiger partial charge is 0.337 e. The maximum absolute atomic E-state index is 12.1.